The van der Waals surface area contributed by atoms with Crippen LogP contribution in [0, 0.1) is 11.3 Å². The van der Waals surface area contributed by atoms with E-state index >= 15 is 0 Å². The molecule has 0 aliphatic rings. The molecular weight excluding hydrogens is 186 g/mol. The second-order valence-corrected chi connectivity index (χ2v) is 2.91. The number of nitrogens with zero attached hydrogens (tertiary/aromatic N) is 1. The molecule has 74 valence electrons. The molecule has 0 aromatic heterocycles. The first-order chi connectivity index (χ1) is 6.69. The molecule has 1 aromatic rings. The predicted molar refractivity (Wildman–Crippen MR) is 49.0 cm³/mol. The number of alkyl halides is 2. The van der Waals surface area contributed by atoms with E-state index in [9.17, 15) is 8.78 Å². The Labute approximate surface area is 81.0 Å². The molecule has 0 radical (unpaired) electrons. The zero-order chi connectivity index (χ0) is 10.6. The number of halogens is 2. The molecule has 0 aliphatic heterocycles. The van der Waals surface area contributed by atoms with Crippen LogP contribution < -0.4 is 5.73 Å². The lowest BCUT2D eigenvalue weighted by Gasteiger charge is -2.13. The first-order valence-corrected chi connectivity index (χ1v) is 4.17. The summed E-state index contributed by atoms with van der Waals surface area (Å²) in [5, 5.41) is 8.59. The third-order valence-electron chi connectivity index (χ3n) is 2.00. The maximum atomic E-state index is 12.5. The fourth-order valence-electron chi connectivity index (χ4n) is 1.22. The number of rotatable bonds is 3. The Balaban J connectivity index is 2.99. The molecule has 0 saturated carbocycles. The van der Waals surface area contributed by atoms with Crippen molar-refractivity contribution in [2.75, 3.05) is 6.54 Å². The van der Waals surface area contributed by atoms with Gasteiger partial charge in [0.25, 0.3) is 0 Å². The van der Waals surface area contributed by atoms with Crippen LogP contribution in [0.5, 0.6) is 0 Å². The molecule has 0 spiro atoms. The first-order valence-electron chi connectivity index (χ1n) is 4.17. The summed E-state index contributed by atoms with van der Waals surface area (Å²) >= 11 is 0. The van der Waals surface area contributed by atoms with Crippen molar-refractivity contribution in [3.05, 3.63) is 35.4 Å². The molecule has 1 atom stereocenters. The van der Waals surface area contributed by atoms with Crippen molar-refractivity contribution >= 4 is 0 Å². The number of benzene rings is 1. The summed E-state index contributed by atoms with van der Waals surface area (Å²) in [7, 11) is 0. The lowest BCUT2D eigenvalue weighted by Crippen LogP contribution is -2.19. The molecule has 0 aliphatic carbocycles. The summed E-state index contributed by atoms with van der Waals surface area (Å²) in [5.41, 5.74) is 6.03. The lowest BCUT2D eigenvalue weighted by atomic mass is 9.98. The highest BCUT2D eigenvalue weighted by Gasteiger charge is 2.20. The third-order valence-corrected chi connectivity index (χ3v) is 2.00. The Kier molecular flexibility index (Phi) is 3.55. The van der Waals surface area contributed by atoms with Gasteiger partial charge in [0, 0.05) is 6.54 Å². The van der Waals surface area contributed by atoms with E-state index in [-0.39, 0.29) is 6.54 Å². The molecule has 1 aromatic carbocycles. The van der Waals surface area contributed by atoms with Gasteiger partial charge in [-0.05, 0) is 17.7 Å². The molecular formula is C10H10F2N2. The maximum absolute atomic E-state index is 12.5. The van der Waals surface area contributed by atoms with Crippen LogP contribution >= 0.6 is 0 Å². The smallest absolute Gasteiger partial charge is 0.246 e. The van der Waals surface area contributed by atoms with Gasteiger partial charge in [-0.1, -0.05) is 12.1 Å². The molecule has 4 heteroatoms. The molecule has 2 nitrogen and oxygen atoms in total. The Bertz CT molecular complexity index is 344. The molecule has 1 rings (SSSR count). The molecule has 0 fully saturated rings. The molecule has 0 amide bonds. The fraction of sp³-hybridized carbons (Fsp3) is 0.300. The van der Waals surface area contributed by atoms with Crippen LogP contribution in [0.2, 0.25) is 0 Å². The van der Waals surface area contributed by atoms with Crippen LogP contribution in [0.4, 0.5) is 8.78 Å². The summed E-state index contributed by atoms with van der Waals surface area (Å²) in [6, 6.07) is 8.06. The van der Waals surface area contributed by atoms with E-state index in [1.165, 1.54) is 6.07 Å². The normalized spacial score (nSPS) is 12.5. The van der Waals surface area contributed by atoms with Gasteiger partial charge in [0.05, 0.1) is 17.6 Å². The highest BCUT2D eigenvalue weighted by molar-refractivity contribution is 5.34. The largest absolute Gasteiger partial charge is 0.330 e. The van der Waals surface area contributed by atoms with Gasteiger partial charge < -0.3 is 5.73 Å². The SMILES string of the molecule is N#Cc1cccc(C(CN)C(F)F)c1. The average Bonchev–Trinajstić information content (AvgIpc) is 2.19. The first kappa shape index (κ1) is 10.6. The number of hydrogen-bond acceptors (Lipinski definition) is 2. The fourth-order valence-corrected chi connectivity index (χ4v) is 1.22. The van der Waals surface area contributed by atoms with Crippen LogP contribution in [0.15, 0.2) is 24.3 Å². The summed E-state index contributed by atoms with van der Waals surface area (Å²) < 4.78 is 24.9. The minimum Gasteiger partial charge on any atom is -0.330 e. The van der Waals surface area contributed by atoms with Crippen molar-refractivity contribution in [2.45, 2.75) is 12.3 Å². The van der Waals surface area contributed by atoms with E-state index in [2.05, 4.69) is 0 Å². The van der Waals surface area contributed by atoms with Gasteiger partial charge in [-0.25, -0.2) is 8.78 Å². The van der Waals surface area contributed by atoms with Gasteiger partial charge in [-0.2, -0.15) is 5.26 Å². The highest BCUT2D eigenvalue weighted by Crippen LogP contribution is 2.22. The minimum atomic E-state index is -2.49. The summed E-state index contributed by atoms with van der Waals surface area (Å²) in [6.07, 6.45) is -2.49. The third kappa shape index (κ3) is 2.27. The molecule has 0 bridgehead atoms. The molecule has 0 heterocycles. The molecule has 2 N–H and O–H groups in total. The van der Waals surface area contributed by atoms with Crippen LogP contribution in [0.1, 0.15) is 17.0 Å². The standard InChI is InChI=1S/C10H10F2N2/c11-10(12)9(6-14)8-3-1-2-7(4-8)5-13/h1-4,9-10H,6,14H2. The van der Waals surface area contributed by atoms with Crippen LogP contribution in [0.25, 0.3) is 0 Å². The Morgan fingerprint density at radius 2 is 2.14 bits per heavy atom. The van der Waals surface area contributed by atoms with Crippen molar-refractivity contribution in [1.82, 2.24) is 0 Å². The minimum absolute atomic E-state index is 0.119. The molecule has 0 saturated heterocycles. The summed E-state index contributed by atoms with van der Waals surface area (Å²) in [5.74, 6) is -0.983. The van der Waals surface area contributed by atoms with Gasteiger partial charge in [0.1, 0.15) is 0 Å². The maximum Gasteiger partial charge on any atom is 0.246 e. The highest BCUT2D eigenvalue weighted by atomic mass is 19.3. The van der Waals surface area contributed by atoms with Gasteiger partial charge in [0.2, 0.25) is 6.43 Å². The Hall–Kier alpha value is -1.47. The van der Waals surface area contributed by atoms with Crippen LogP contribution in [-0.4, -0.2) is 13.0 Å². The number of nitriles is 1. The zero-order valence-electron chi connectivity index (χ0n) is 7.45. The quantitative estimate of drug-likeness (QED) is 0.802. The second kappa shape index (κ2) is 4.68. The van der Waals surface area contributed by atoms with E-state index in [1.54, 1.807) is 18.2 Å². The summed E-state index contributed by atoms with van der Waals surface area (Å²) in [4.78, 5) is 0. The van der Waals surface area contributed by atoms with Crippen molar-refractivity contribution in [3.8, 4) is 6.07 Å². The van der Waals surface area contributed by atoms with Gasteiger partial charge in [-0.3, -0.25) is 0 Å². The van der Waals surface area contributed by atoms with Crippen LogP contribution in [0.3, 0.4) is 0 Å². The summed E-state index contributed by atoms with van der Waals surface area (Å²) in [6.45, 7) is -0.119. The van der Waals surface area contributed by atoms with Crippen molar-refractivity contribution < 1.29 is 8.78 Å². The van der Waals surface area contributed by atoms with Gasteiger partial charge >= 0.3 is 0 Å². The van der Waals surface area contributed by atoms with Crippen molar-refractivity contribution in [2.24, 2.45) is 5.73 Å². The van der Waals surface area contributed by atoms with Crippen molar-refractivity contribution in [3.63, 3.8) is 0 Å². The number of nitrogens with two attached hydrogens (primary N) is 1. The Morgan fingerprint density at radius 1 is 1.43 bits per heavy atom. The molecule has 1 unspecified atom stereocenters. The predicted octanol–water partition coefficient (Wildman–Crippen LogP) is 1.87. The van der Waals surface area contributed by atoms with E-state index in [0.29, 0.717) is 11.1 Å². The Morgan fingerprint density at radius 3 is 2.64 bits per heavy atom. The zero-order valence-corrected chi connectivity index (χ0v) is 7.45. The average molecular weight is 196 g/mol. The van der Waals surface area contributed by atoms with Crippen molar-refractivity contribution in [1.29, 1.82) is 5.26 Å². The lowest BCUT2D eigenvalue weighted by molar-refractivity contribution is 0.117. The monoisotopic (exact) mass is 196 g/mol. The van der Waals surface area contributed by atoms with Gasteiger partial charge in [-0.15, -0.1) is 0 Å². The number of hydrogen-bond donors (Lipinski definition) is 1. The molecule has 14 heavy (non-hydrogen) atoms. The second-order valence-electron chi connectivity index (χ2n) is 2.91. The van der Waals surface area contributed by atoms with E-state index in [1.807, 2.05) is 6.07 Å². The topological polar surface area (TPSA) is 49.8 Å². The van der Waals surface area contributed by atoms with E-state index in [4.69, 9.17) is 11.0 Å². The van der Waals surface area contributed by atoms with Crippen LogP contribution in [-0.2, 0) is 0 Å². The van der Waals surface area contributed by atoms with E-state index < -0.39 is 12.3 Å². The van der Waals surface area contributed by atoms with Gasteiger partial charge in [0.15, 0.2) is 0 Å². The van der Waals surface area contributed by atoms with E-state index in [0.717, 1.165) is 0 Å².